The highest BCUT2D eigenvalue weighted by molar-refractivity contribution is 5.97. The summed E-state index contributed by atoms with van der Waals surface area (Å²) in [4.78, 5) is 20.1. The summed E-state index contributed by atoms with van der Waals surface area (Å²) in [7, 11) is 0. The summed E-state index contributed by atoms with van der Waals surface area (Å²) in [5.74, 6) is -0.550. The van der Waals surface area contributed by atoms with Gasteiger partial charge >= 0.3 is 5.97 Å². The Morgan fingerprint density at radius 3 is 3.15 bits per heavy atom. The summed E-state index contributed by atoms with van der Waals surface area (Å²) in [6.07, 6.45) is 8.25. The number of nitrogens with zero attached hydrogens (tertiary/aromatic N) is 3. The average molecular weight is 177 g/mol. The van der Waals surface area contributed by atoms with Crippen molar-refractivity contribution in [1.29, 1.82) is 0 Å². The highest BCUT2D eigenvalue weighted by Crippen LogP contribution is 2.10. The van der Waals surface area contributed by atoms with Crippen LogP contribution in [0.5, 0.6) is 0 Å². The minimum absolute atomic E-state index is 0.414. The number of aliphatic carboxylic acids is 1. The van der Waals surface area contributed by atoms with Crippen molar-refractivity contribution in [2.75, 3.05) is 0 Å². The number of carboxylic acid groups (broad SMARTS) is 1. The van der Waals surface area contributed by atoms with Crippen LogP contribution in [0.3, 0.4) is 0 Å². The minimum atomic E-state index is -0.965. The Kier molecular flexibility index (Phi) is 1.70. The maximum Gasteiger partial charge on any atom is 0.332 e. The molecular weight excluding hydrogens is 170 g/mol. The van der Waals surface area contributed by atoms with Crippen LogP contribution < -0.4 is 0 Å². The zero-order chi connectivity index (χ0) is 9.26. The third kappa shape index (κ3) is 1.35. The second-order valence-electron chi connectivity index (χ2n) is 2.58. The third-order valence-electron chi connectivity index (χ3n) is 1.69. The standard InChI is InChI=1S/C8H7N3O2/c12-7(13)6-2-5-11-4-1-3-9-8(11)10-6/h1-6H,(H,12,13). The molecule has 0 aromatic carbocycles. The Morgan fingerprint density at radius 2 is 2.38 bits per heavy atom. The van der Waals surface area contributed by atoms with Gasteiger partial charge < -0.3 is 5.11 Å². The van der Waals surface area contributed by atoms with Crippen LogP contribution in [-0.2, 0) is 4.79 Å². The van der Waals surface area contributed by atoms with Gasteiger partial charge in [-0.2, -0.15) is 0 Å². The van der Waals surface area contributed by atoms with Crippen molar-refractivity contribution in [2.45, 2.75) is 6.04 Å². The van der Waals surface area contributed by atoms with Crippen LogP contribution in [0, 0.1) is 0 Å². The lowest BCUT2D eigenvalue weighted by molar-refractivity contribution is -0.137. The van der Waals surface area contributed by atoms with E-state index < -0.39 is 12.0 Å². The van der Waals surface area contributed by atoms with E-state index in [0.717, 1.165) is 0 Å². The minimum Gasteiger partial charge on any atom is -0.479 e. The lowest BCUT2D eigenvalue weighted by atomic mass is 10.3. The summed E-state index contributed by atoms with van der Waals surface area (Å²) in [5, 5.41) is 8.68. The zero-order valence-electron chi connectivity index (χ0n) is 6.66. The number of carboxylic acids is 1. The highest BCUT2D eigenvalue weighted by Gasteiger charge is 2.20. The van der Waals surface area contributed by atoms with Crippen LogP contribution >= 0.6 is 0 Å². The van der Waals surface area contributed by atoms with Crippen LogP contribution in [0.1, 0.15) is 0 Å². The number of hydrogen-bond donors (Lipinski definition) is 1. The molecule has 0 radical (unpaired) electrons. The SMILES string of the molecule is O=C(O)C1C=CN2C=CC=NC2=N1. The second kappa shape index (κ2) is 2.85. The molecule has 5 nitrogen and oxygen atoms in total. The molecule has 2 aliphatic heterocycles. The number of hydrogen-bond acceptors (Lipinski definition) is 4. The molecule has 1 atom stereocenters. The second-order valence-corrected chi connectivity index (χ2v) is 2.58. The molecular formula is C8H7N3O2. The van der Waals surface area contributed by atoms with Crippen LogP contribution in [0.4, 0.5) is 0 Å². The first kappa shape index (κ1) is 7.72. The molecule has 0 saturated heterocycles. The van der Waals surface area contributed by atoms with E-state index in [1.807, 2.05) is 0 Å². The quantitative estimate of drug-likeness (QED) is 0.623. The Labute approximate surface area is 74.4 Å². The van der Waals surface area contributed by atoms with E-state index in [1.54, 1.807) is 29.6 Å². The van der Waals surface area contributed by atoms with Crippen molar-refractivity contribution in [3.05, 3.63) is 24.6 Å². The van der Waals surface area contributed by atoms with Crippen molar-refractivity contribution in [3.8, 4) is 0 Å². The molecule has 2 aliphatic rings. The van der Waals surface area contributed by atoms with E-state index in [-0.39, 0.29) is 0 Å². The summed E-state index contributed by atoms with van der Waals surface area (Å²) in [6, 6.07) is -0.810. The zero-order valence-corrected chi connectivity index (χ0v) is 6.66. The predicted molar refractivity (Wildman–Crippen MR) is 47.5 cm³/mol. The van der Waals surface area contributed by atoms with Crippen molar-refractivity contribution < 1.29 is 9.90 Å². The number of fused-ring (bicyclic) bond motifs is 1. The predicted octanol–water partition coefficient (Wildman–Crippen LogP) is 0.223. The fourth-order valence-corrected chi connectivity index (χ4v) is 1.07. The first-order chi connectivity index (χ1) is 6.27. The summed E-state index contributed by atoms with van der Waals surface area (Å²) in [5.41, 5.74) is 0. The number of guanidine groups is 1. The summed E-state index contributed by atoms with van der Waals surface area (Å²) >= 11 is 0. The van der Waals surface area contributed by atoms with Gasteiger partial charge in [-0.05, 0) is 12.2 Å². The monoisotopic (exact) mass is 177 g/mol. The van der Waals surface area contributed by atoms with Crippen LogP contribution in [0.15, 0.2) is 34.5 Å². The van der Waals surface area contributed by atoms with Crippen molar-refractivity contribution >= 4 is 18.1 Å². The van der Waals surface area contributed by atoms with Crippen LogP contribution in [-0.4, -0.2) is 34.2 Å². The van der Waals surface area contributed by atoms with Gasteiger partial charge in [-0.25, -0.2) is 14.8 Å². The van der Waals surface area contributed by atoms with E-state index >= 15 is 0 Å². The fraction of sp³-hybridized carbons (Fsp3) is 0.125. The van der Waals surface area contributed by atoms with Gasteiger partial charge in [0.2, 0.25) is 5.96 Å². The molecule has 0 aromatic rings. The molecule has 0 amide bonds. The molecule has 2 rings (SSSR count). The molecule has 2 heterocycles. The van der Waals surface area contributed by atoms with Gasteiger partial charge in [0.05, 0.1) is 0 Å². The first-order valence-corrected chi connectivity index (χ1v) is 3.75. The maximum absolute atomic E-state index is 10.6. The van der Waals surface area contributed by atoms with Gasteiger partial charge in [0.1, 0.15) is 0 Å². The van der Waals surface area contributed by atoms with E-state index in [9.17, 15) is 4.79 Å². The van der Waals surface area contributed by atoms with Gasteiger partial charge in [-0.1, -0.05) is 0 Å². The van der Waals surface area contributed by atoms with E-state index in [1.165, 1.54) is 6.08 Å². The molecule has 13 heavy (non-hydrogen) atoms. The van der Waals surface area contributed by atoms with E-state index in [2.05, 4.69) is 9.98 Å². The smallest absolute Gasteiger partial charge is 0.332 e. The van der Waals surface area contributed by atoms with Crippen molar-refractivity contribution in [1.82, 2.24) is 4.90 Å². The van der Waals surface area contributed by atoms with Gasteiger partial charge in [0.15, 0.2) is 6.04 Å². The average Bonchev–Trinajstić information content (AvgIpc) is 2.17. The van der Waals surface area contributed by atoms with E-state index in [0.29, 0.717) is 5.96 Å². The number of allylic oxidation sites excluding steroid dienone is 1. The lowest BCUT2D eigenvalue weighted by Crippen LogP contribution is -2.29. The molecule has 0 aliphatic carbocycles. The van der Waals surface area contributed by atoms with Crippen molar-refractivity contribution in [3.63, 3.8) is 0 Å². The van der Waals surface area contributed by atoms with Crippen LogP contribution in [0.2, 0.25) is 0 Å². The maximum atomic E-state index is 10.6. The molecule has 5 heteroatoms. The topological polar surface area (TPSA) is 65.3 Å². The van der Waals surface area contributed by atoms with Gasteiger partial charge in [-0.3, -0.25) is 4.90 Å². The number of aliphatic imine (C=N–C) groups is 2. The summed E-state index contributed by atoms with van der Waals surface area (Å²) in [6.45, 7) is 0. The van der Waals surface area contributed by atoms with E-state index in [4.69, 9.17) is 5.11 Å². The molecule has 0 spiro atoms. The molecule has 0 aromatic heterocycles. The highest BCUT2D eigenvalue weighted by atomic mass is 16.4. The molecule has 0 saturated carbocycles. The Morgan fingerprint density at radius 1 is 1.54 bits per heavy atom. The van der Waals surface area contributed by atoms with Gasteiger partial charge in [0.25, 0.3) is 0 Å². The lowest BCUT2D eigenvalue weighted by Gasteiger charge is -2.21. The normalized spacial score (nSPS) is 24.2. The molecule has 66 valence electrons. The van der Waals surface area contributed by atoms with Gasteiger partial charge in [0, 0.05) is 18.6 Å². The molecule has 1 N–H and O–H groups in total. The number of carbonyl (C=O) groups is 1. The fourth-order valence-electron chi connectivity index (χ4n) is 1.07. The summed E-state index contributed by atoms with van der Waals surface area (Å²) < 4.78 is 0. The van der Waals surface area contributed by atoms with Crippen LogP contribution in [0.25, 0.3) is 0 Å². The van der Waals surface area contributed by atoms with Crippen molar-refractivity contribution in [2.24, 2.45) is 9.98 Å². The molecule has 1 unspecified atom stereocenters. The molecule has 0 fully saturated rings. The Bertz CT molecular complexity index is 354. The molecule has 0 bridgehead atoms. The number of rotatable bonds is 1. The Balaban J connectivity index is 2.27. The third-order valence-corrected chi connectivity index (χ3v) is 1.69. The largest absolute Gasteiger partial charge is 0.479 e. The first-order valence-electron chi connectivity index (χ1n) is 3.75. The Hall–Kier alpha value is -1.91. The van der Waals surface area contributed by atoms with Gasteiger partial charge in [-0.15, -0.1) is 0 Å².